The summed E-state index contributed by atoms with van der Waals surface area (Å²) < 4.78 is 23.7. The van der Waals surface area contributed by atoms with Gasteiger partial charge in [0.2, 0.25) is 12.7 Å². The van der Waals surface area contributed by atoms with Crippen LogP contribution in [-0.4, -0.2) is 12.7 Å². The van der Waals surface area contributed by atoms with Crippen molar-refractivity contribution < 1.29 is 18.7 Å². The van der Waals surface area contributed by atoms with Crippen LogP contribution < -0.4 is 14.8 Å². The van der Waals surface area contributed by atoms with Gasteiger partial charge >= 0.3 is 0 Å². The van der Waals surface area contributed by atoms with E-state index in [9.17, 15) is 9.18 Å². The molecule has 2 aromatic rings. The van der Waals surface area contributed by atoms with E-state index in [0.717, 1.165) is 5.56 Å². The molecular formula is C17H16FNO3. The largest absolute Gasteiger partial charge is 0.454 e. The Kier molecular flexibility index (Phi) is 3.96. The fourth-order valence-corrected chi connectivity index (χ4v) is 2.39. The lowest BCUT2D eigenvalue weighted by atomic mass is 10.1. The van der Waals surface area contributed by atoms with Crippen LogP contribution >= 0.6 is 0 Å². The van der Waals surface area contributed by atoms with E-state index >= 15 is 0 Å². The molecule has 1 amide bonds. The minimum atomic E-state index is -0.339. The first-order valence-electron chi connectivity index (χ1n) is 7.05. The van der Waals surface area contributed by atoms with Crippen molar-refractivity contribution in [3.63, 3.8) is 0 Å². The molecule has 1 aliphatic heterocycles. The molecule has 114 valence electrons. The van der Waals surface area contributed by atoms with Crippen molar-refractivity contribution >= 4 is 5.91 Å². The Bertz CT molecular complexity index is 702. The first kappa shape index (κ1) is 14.4. The van der Waals surface area contributed by atoms with E-state index < -0.39 is 0 Å². The van der Waals surface area contributed by atoms with Crippen LogP contribution in [-0.2, 0) is 11.2 Å². The van der Waals surface area contributed by atoms with Gasteiger partial charge < -0.3 is 14.8 Å². The van der Waals surface area contributed by atoms with Crippen molar-refractivity contribution in [2.75, 3.05) is 6.79 Å². The number of nitrogens with one attached hydrogen (secondary N) is 1. The molecule has 0 radical (unpaired) electrons. The zero-order valence-corrected chi connectivity index (χ0v) is 12.1. The number of hydrogen-bond acceptors (Lipinski definition) is 3. The van der Waals surface area contributed by atoms with E-state index in [4.69, 9.17) is 9.47 Å². The number of carbonyl (C=O) groups excluding carboxylic acids is 1. The summed E-state index contributed by atoms with van der Waals surface area (Å²) in [5.74, 6) is 0.899. The van der Waals surface area contributed by atoms with Crippen molar-refractivity contribution in [1.82, 2.24) is 5.32 Å². The number of fused-ring (bicyclic) bond motifs is 1. The number of rotatable bonds is 4. The fourth-order valence-electron chi connectivity index (χ4n) is 2.39. The molecule has 0 bridgehead atoms. The van der Waals surface area contributed by atoms with Gasteiger partial charge in [-0.2, -0.15) is 0 Å². The highest BCUT2D eigenvalue weighted by atomic mass is 19.1. The quantitative estimate of drug-likeness (QED) is 0.944. The first-order valence-corrected chi connectivity index (χ1v) is 7.05. The van der Waals surface area contributed by atoms with E-state index in [-0.39, 0.29) is 31.0 Å². The molecular weight excluding hydrogens is 285 g/mol. The first-order chi connectivity index (χ1) is 10.6. The predicted molar refractivity (Wildman–Crippen MR) is 79.2 cm³/mol. The van der Waals surface area contributed by atoms with Gasteiger partial charge in [-0.15, -0.1) is 0 Å². The second kappa shape index (κ2) is 6.05. The molecule has 1 heterocycles. The lowest BCUT2D eigenvalue weighted by Crippen LogP contribution is -2.28. The summed E-state index contributed by atoms with van der Waals surface area (Å²) in [5.41, 5.74) is 1.58. The van der Waals surface area contributed by atoms with Crippen LogP contribution in [0.1, 0.15) is 24.1 Å². The average Bonchev–Trinajstić information content (AvgIpc) is 2.94. The summed E-state index contributed by atoms with van der Waals surface area (Å²) >= 11 is 0. The molecule has 4 nitrogen and oxygen atoms in total. The Morgan fingerprint density at radius 3 is 2.86 bits per heavy atom. The van der Waals surface area contributed by atoms with Crippen LogP contribution in [0.5, 0.6) is 11.5 Å². The molecule has 2 aromatic carbocycles. The second-order valence-electron chi connectivity index (χ2n) is 5.21. The van der Waals surface area contributed by atoms with E-state index in [2.05, 4.69) is 5.32 Å². The lowest BCUT2D eigenvalue weighted by Gasteiger charge is -2.15. The number of hydrogen-bond donors (Lipinski definition) is 1. The maximum absolute atomic E-state index is 13.1. The summed E-state index contributed by atoms with van der Waals surface area (Å²) in [7, 11) is 0. The normalized spacial score (nSPS) is 13.7. The summed E-state index contributed by atoms with van der Waals surface area (Å²) in [6.07, 6.45) is 0.145. The summed E-state index contributed by atoms with van der Waals surface area (Å²) in [4.78, 5) is 12.1. The Balaban J connectivity index is 1.63. The van der Waals surface area contributed by atoms with Crippen molar-refractivity contribution in [3.05, 3.63) is 59.4 Å². The summed E-state index contributed by atoms with van der Waals surface area (Å²) in [5, 5.41) is 2.90. The molecule has 0 spiro atoms. The van der Waals surface area contributed by atoms with Crippen molar-refractivity contribution in [3.8, 4) is 11.5 Å². The standard InChI is InChI=1S/C17H16FNO3/c1-11(13-5-6-15-16(9-13)22-10-21-15)19-17(20)8-12-3-2-4-14(18)7-12/h2-7,9,11H,8,10H2,1H3,(H,19,20). The fraction of sp³-hybridized carbons (Fsp3) is 0.235. The Morgan fingerprint density at radius 2 is 2.05 bits per heavy atom. The number of halogens is 1. The van der Waals surface area contributed by atoms with Gasteiger partial charge in [0, 0.05) is 0 Å². The number of amides is 1. The molecule has 0 saturated carbocycles. The Labute approximate surface area is 127 Å². The lowest BCUT2D eigenvalue weighted by molar-refractivity contribution is -0.121. The molecule has 3 rings (SSSR count). The number of benzene rings is 2. The molecule has 0 fully saturated rings. The average molecular weight is 301 g/mol. The Hall–Kier alpha value is -2.56. The second-order valence-corrected chi connectivity index (χ2v) is 5.21. The summed E-state index contributed by atoms with van der Waals surface area (Å²) in [6.45, 7) is 2.11. The number of ether oxygens (including phenoxy) is 2. The SMILES string of the molecule is CC(NC(=O)Cc1cccc(F)c1)c1ccc2c(c1)OCO2. The topological polar surface area (TPSA) is 47.6 Å². The third-order valence-corrected chi connectivity index (χ3v) is 3.53. The highest BCUT2D eigenvalue weighted by Gasteiger charge is 2.17. The maximum Gasteiger partial charge on any atom is 0.231 e. The molecule has 5 heteroatoms. The van der Waals surface area contributed by atoms with Crippen LogP contribution in [0.15, 0.2) is 42.5 Å². The third-order valence-electron chi connectivity index (χ3n) is 3.53. The molecule has 1 aliphatic rings. The predicted octanol–water partition coefficient (Wildman–Crippen LogP) is 2.97. The van der Waals surface area contributed by atoms with Crippen LogP contribution in [0.4, 0.5) is 4.39 Å². The van der Waals surface area contributed by atoms with Gasteiger partial charge in [-0.1, -0.05) is 18.2 Å². The van der Waals surface area contributed by atoms with E-state index in [1.807, 2.05) is 25.1 Å². The molecule has 0 aliphatic carbocycles. The van der Waals surface area contributed by atoms with Gasteiger partial charge in [-0.25, -0.2) is 4.39 Å². The van der Waals surface area contributed by atoms with Crippen molar-refractivity contribution in [2.24, 2.45) is 0 Å². The van der Waals surface area contributed by atoms with E-state index in [1.165, 1.54) is 12.1 Å². The third kappa shape index (κ3) is 3.19. The molecule has 1 atom stereocenters. The van der Waals surface area contributed by atoms with Gasteiger partial charge in [0.1, 0.15) is 5.82 Å². The van der Waals surface area contributed by atoms with E-state index in [1.54, 1.807) is 12.1 Å². The zero-order chi connectivity index (χ0) is 15.5. The van der Waals surface area contributed by atoms with Crippen LogP contribution in [0.3, 0.4) is 0 Å². The molecule has 0 aromatic heterocycles. The maximum atomic E-state index is 13.1. The Morgan fingerprint density at radius 1 is 1.23 bits per heavy atom. The summed E-state index contributed by atoms with van der Waals surface area (Å²) in [6, 6.07) is 11.5. The minimum absolute atomic E-state index is 0.145. The monoisotopic (exact) mass is 301 g/mol. The van der Waals surface area contributed by atoms with Crippen LogP contribution in [0, 0.1) is 5.82 Å². The van der Waals surface area contributed by atoms with Crippen molar-refractivity contribution in [1.29, 1.82) is 0 Å². The molecule has 22 heavy (non-hydrogen) atoms. The number of carbonyl (C=O) groups is 1. The van der Waals surface area contributed by atoms with Crippen LogP contribution in [0.25, 0.3) is 0 Å². The van der Waals surface area contributed by atoms with Crippen LogP contribution in [0.2, 0.25) is 0 Å². The van der Waals surface area contributed by atoms with E-state index in [0.29, 0.717) is 17.1 Å². The van der Waals surface area contributed by atoms with Gasteiger partial charge in [-0.3, -0.25) is 4.79 Å². The molecule has 1 N–H and O–H groups in total. The van der Waals surface area contributed by atoms with Gasteiger partial charge in [0.15, 0.2) is 11.5 Å². The highest BCUT2D eigenvalue weighted by molar-refractivity contribution is 5.79. The zero-order valence-electron chi connectivity index (χ0n) is 12.1. The smallest absolute Gasteiger partial charge is 0.231 e. The molecule has 0 saturated heterocycles. The highest BCUT2D eigenvalue weighted by Crippen LogP contribution is 2.34. The van der Waals surface area contributed by atoms with Gasteiger partial charge in [0.05, 0.1) is 12.5 Å². The van der Waals surface area contributed by atoms with Gasteiger partial charge in [-0.05, 0) is 42.3 Å². The van der Waals surface area contributed by atoms with Crippen molar-refractivity contribution in [2.45, 2.75) is 19.4 Å². The van der Waals surface area contributed by atoms with Gasteiger partial charge in [0.25, 0.3) is 0 Å². The molecule has 1 unspecified atom stereocenters. The minimum Gasteiger partial charge on any atom is -0.454 e.